The molecular formula is C10H9BrO. The number of hydrogen-bond donors (Lipinski definition) is 0. The number of furan rings is 1. The molecule has 0 aliphatic heterocycles. The van der Waals surface area contributed by atoms with Gasteiger partial charge in [0.2, 0.25) is 0 Å². The zero-order valence-corrected chi connectivity index (χ0v) is 8.60. The van der Waals surface area contributed by atoms with Crippen LogP contribution in [0.4, 0.5) is 0 Å². The average molecular weight is 225 g/mol. The first-order valence-electron chi connectivity index (χ1n) is 3.83. The maximum absolute atomic E-state index is 5.43. The number of aryl methyl sites for hydroxylation is 2. The van der Waals surface area contributed by atoms with E-state index in [9.17, 15) is 0 Å². The molecule has 0 radical (unpaired) electrons. The molecule has 2 rings (SSSR count). The summed E-state index contributed by atoms with van der Waals surface area (Å²) in [6, 6.07) is 4.11. The molecule has 0 saturated heterocycles. The second-order valence-electron chi connectivity index (χ2n) is 2.99. The quantitative estimate of drug-likeness (QED) is 0.664. The maximum atomic E-state index is 5.43. The van der Waals surface area contributed by atoms with Gasteiger partial charge >= 0.3 is 0 Å². The van der Waals surface area contributed by atoms with E-state index in [0.29, 0.717) is 0 Å². The first kappa shape index (κ1) is 7.87. The predicted octanol–water partition coefficient (Wildman–Crippen LogP) is 3.81. The molecule has 0 bridgehead atoms. The van der Waals surface area contributed by atoms with Gasteiger partial charge in [0.15, 0.2) is 0 Å². The Bertz CT molecular complexity index is 429. The van der Waals surface area contributed by atoms with Crippen molar-refractivity contribution < 1.29 is 4.42 Å². The van der Waals surface area contributed by atoms with Crippen molar-refractivity contribution >= 4 is 26.9 Å². The van der Waals surface area contributed by atoms with Gasteiger partial charge in [-0.25, -0.2) is 0 Å². The van der Waals surface area contributed by atoms with Crippen molar-refractivity contribution in [2.24, 2.45) is 0 Å². The van der Waals surface area contributed by atoms with E-state index in [1.165, 1.54) is 16.5 Å². The van der Waals surface area contributed by atoms with Crippen LogP contribution in [-0.2, 0) is 0 Å². The molecule has 1 nitrogen and oxygen atoms in total. The molecule has 62 valence electrons. The van der Waals surface area contributed by atoms with E-state index >= 15 is 0 Å². The molecule has 0 aliphatic rings. The van der Waals surface area contributed by atoms with Crippen LogP contribution in [0.25, 0.3) is 11.0 Å². The number of halogens is 1. The highest BCUT2D eigenvalue weighted by atomic mass is 79.9. The Morgan fingerprint density at radius 1 is 1.17 bits per heavy atom. The van der Waals surface area contributed by atoms with Gasteiger partial charge in [0.1, 0.15) is 5.58 Å². The molecule has 12 heavy (non-hydrogen) atoms. The molecule has 0 amide bonds. The van der Waals surface area contributed by atoms with Crippen LogP contribution in [0, 0.1) is 13.8 Å². The Balaban J connectivity index is 2.98. The fraction of sp³-hybridized carbons (Fsp3) is 0.200. The summed E-state index contributed by atoms with van der Waals surface area (Å²) in [4.78, 5) is 0. The third-order valence-corrected chi connectivity index (χ3v) is 2.71. The number of fused-ring (bicyclic) bond motifs is 1. The van der Waals surface area contributed by atoms with Crippen molar-refractivity contribution in [3.05, 3.63) is 34.0 Å². The lowest BCUT2D eigenvalue weighted by Gasteiger charge is -1.97. The highest BCUT2D eigenvalue weighted by Crippen LogP contribution is 2.30. The van der Waals surface area contributed by atoms with Gasteiger partial charge in [-0.2, -0.15) is 0 Å². The van der Waals surface area contributed by atoms with Gasteiger partial charge in [0.05, 0.1) is 6.26 Å². The summed E-state index contributed by atoms with van der Waals surface area (Å²) in [5.41, 5.74) is 3.35. The number of benzene rings is 1. The maximum Gasteiger partial charge on any atom is 0.138 e. The molecule has 0 aliphatic carbocycles. The van der Waals surface area contributed by atoms with Gasteiger partial charge < -0.3 is 4.42 Å². The third-order valence-electron chi connectivity index (χ3n) is 2.05. The lowest BCUT2D eigenvalue weighted by Crippen LogP contribution is -1.75. The van der Waals surface area contributed by atoms with Crippen LogP contribution in [0.15, 0.2) is 27.3 Å². The summed E-state index contributed by atoms with van der Waals surface area (Å²) in [5.74, 6) is 0. The molecule has 0 unspecified atom stereocenters. The van der Waals surface area contributed by atoms with Crippen LogP contribution < -0.4 is 0 Å². The molecule has 0 saturated carbocycles. The van der Waals surface area contributed by atoms with E-state index < -0.39 is 0 Å². The topological polar surface area (TPSA) is 13.1 Å². The molecule has 0 N–H and O–H groups in total. The number of rotatable bonds is 0. The fourth-order valence-electron chi connectivity index (χ4n) is 1.39. The Labute approximate surface area is 79.5 Å². The minimum atomic E-state index is 0.988. The molecule has 1 aromatic heterocycles. The molecule has 2 aromatic rings. The average Bonchev–Trinajstić information content (AvgIpc) is 2.42. The smallest absolute Gasteiger partial charge is 0.138 e. The lowest BCUT2D eigenvalue weighted by molar-refractivity contribution is 0.610. The molecule has 0 fully saturated rings. The summed E-state index contributed by atoms with van der Waals surface area (Å²) in [7, 11) is 0. The van der Waals surface area contributed by atoms with Crippen molar-refractivity contribution in [3.63, 3.8) is 0 Å². The summed E-state index contributed by atoms with van der Waals surface area (Å²) in [6.07, 6.45) is 1.79. The summed E-state index contributed by atoms with van der Waals surface area (Å²) in [6.45, 7) is 4.10. The summed E-state index contributed by atoms with van der Waals surface area (Å²) < 4.78 is 6.54. The van der Waals surface area contributed by atoms with Gasteiger partial charge in [-0.15, -0.1) is 0 Å². The standard InChI is InChI=1S/C10H9BrO/c1-6-3-4-8(11)9-7(2)5-12-10(6)9/h3-5H,1-2H3. The highest BCUT2D eigenvalue weighted by molar-refractivity contribution is 9.10. The van der Waals surface area contributed by atoms with E-state index in [2.05, 4.69) is 41.9 Å². The fourth-order valence-corrected chi connectivity index (χ4v) is 2.01. The zero-order chi connectivity index (χ0) is 8.72. The SMILES string of the molecule is Cc1ccc(Br)c2c(C)coc12. The van der Waals surface area contributed by atoms with Crippen molar-refractivity contribution in [2.45, 2.75) is 13.8 Å². The van der Waals surface area contributed by atoms with E-state index in [0.717, 1.165) is 10.1 Å². The normalized spacial score (nSPS) is 10.9. The molecule has 0 atom stereocenters. The van der Waals surface area contributed by atoms with E-state index in [1.807, 2.05) is 0 Å². The monoisotopic (exact) mass is 224 g/mol. The van der Waals surface area contributed by atoms with Gasteiger partial charge in [-0.05, 0) is 31.0 Å². The third kappa shape index (κ3) is 0.985. The molecule has 1 aromatic carbocycles. The van der Waals surface area contributed by atoms with Crippen molar-refractivity contribution in [2.75, 3.05) is 0 Å². The Morgan fingerprint density at radius 2 is 1.92 bits per heavy atom. The van der Waals surface area contributed by atoms with Gasteiger partial charge in [0, 0.05) is 9.86 Å². The Hall–Kier alpha value is -0.760. The Kier molecular flexibility index (Phi) is 1.72. The van der Waals surface area contributed by atoms with Crippen LogP contribution in [0.1, 0.15) is 11.1 Å². The molecular weight excluding hydrogens is 216 g/mol. The molecule has 0 spiro atoms. The van der Waals surface area contributed by atoms with E-state index in [-0.39, 0.29) is 0 Å². The van der Waals surface area contributed by atoms with Crippen LogP contribution in [-0.4, -0.2) is 0 Å². The minimum absolute atomic E-state index is 0.988. The second kappa shape index (κ2) is 2.63. The largest absolute Gasteiger partial charge is 0.464 e. The van der Waals surface area contributed by atoms with Crippen LogP contribution in [0.2, 0.25) is 0 Å². The predicted molar refractivity (Wildman–Crippen MR) is 53.4 cm³/mol. The second-order valence-corrected chi connectivity index (χ2v) is 3.84. The first-order valence-corrected chi connectivity index (χ1v) is 4.62. The zero-order valence-electron chi connectivity index (χ0n) is 7.02. The van der Waals surface area contributed by atoms with Gasteiger partial charge in [-0.1, -0.05) is 22.0 Å². The van der Waals surface area contributed by atoms with Crippen molar-refractivity contribution in [1.29, 1.82) is 0 Å². The number of hydrogen-bond acceptors (Lipinski definition) is 1. The van der Waals surface area contributed by atoms with E-state index in [1.54, 1.807) is 6.26 Å². The lowest BCUT2D eigenvalue weighted by atomic mass is 10.1. The summed E-state index contributed by atoms with van der Waals surface area (Å²) >= 11 is 3.50. The van der Waals surface area contributed by atoms with Crippen molar-refractivity contribution in [3.8, 4) is 0 Å². The van der Waals surface area contributed by atoms with Crippen molar-refractivity contribution in [1.82, 2.24) is 0 Å². The summed E-state index contributed by atoms with van der Waals surface area (Å²) in [5, 5.41) is 1.19. The first-order chi connectivity index (χ1) is 5.70. The highest BCUT2D eigenvalue weighted by Gasteiger charge is 2.07. The molecule has 1 heterocycles. The Morgan fingerprint density at radius 3 is 2.58 bits per heavy atom. The van der Waals surface area contributed by atoms with Gasteiger partial charge in [-0.3, -0.25) is 0 Å². The van der Waals surface area contributed by atoms with E-state index in [4.69, 9.17) is 4.42 Å². The van der Waals surface area contributed by atoms with Crippen LogP contribution in [0.5, 0.6) is 0 Å². The van der Waals surface area contributed by atoms with Crippen LogP contribution >= 0.6 is 15.9 Å². The van der Waals surface area contributed by atoms with Gasteiger partial charge in [0.25, 0.3) is 0 Å². The minimum Gasteiger partial charge on any atom is -0.464 e. The molecule has 2 heteroatoms. The van der Waals surface area contributed by atoms with Crippen LogP contribution in [0.3, 0.4) is 0 Å².